The molecule has 0 spiro atoms. The van der Waals surface area contributed by atoms with Gasteiger partial charge in [-0.05, 0) is 50.2 Å². The normalized spacial score (nSPS) is 22.2. The average Bonchev–Trinajstić information content (AvgIpc) is 2.69. The molecule has 1 atom stereocenters. The third-order valence-corrected chi connectivity index (χ3v) is 5.36. The molecule has 1 saturated heterocycles. The van der Waals surface area contributed by atoms with Crippen molar-refractivity contribution in [3.8, 4) is 0 Å². The number of thioether (sulfide) groups is 1. The molecule has 1 aliphatic carbocycles. The summed E-state index contributed by atoms with van der Waals surface area (Å²) in [4.78, 5) is 14.2. The smallest absolute Gasteiger partial charge is 0.229 e. The van der Waals surface area contributed by atoms with Crippen molar-refractivity contribution in [1.29, 1.82) is 0 Å². The molecule has 2 aliphatic rings. The maximum Gasteiger partial charge on any atom is 0.229 e. The highest BCUT2D eigenvalue weighted by Gasteiger charge is 2.27. The molecule has 1 aromatic rings. The van der Waals surface area contributed by atoms with Crippen molar-refractivity contribution in [1.82, 2.24) is 4.90 Å². The van der Waals surface area contributed by atoms with Crippen LogP contribution < -0.4 is 5.32 Å². The summed E-state index contributed by atoms with van der Waals surface area (Å²) < 4.78 is 0. The monoisotopic (exact) mass is 276 g/mol. The van der Waals surface area contributed by atoms with Gasteiger partial charge in [0.15, 0.2) is 0 Å². The van der Waals surface area contributed by atoms with E-state index in [2.05, 4.69) is 36.4 Å². The van der Waals surface area contributed by atoms with Crippen LogP contribution in [0, 0.1) is 5.92 Å². The maximum atomic E-state index is 11.9. The van der Waals surface area contributed by atoms with Crippen molar-refractivity contribution < 1.29 is 4.79 Å². The molecule has 0 saturated carbocycles. The van der Waals surface area contributed by atoms with Gasteiger partial charge in [0, 0.05) is 23.2 Å². The molecule has 0 aromatic heterocycles. The molecule has 1 N–H and O–H groups in total. The third kappa shape index (κ3) is 2.51. The largest absolute Gasteiger partial charge is 0.326 e. The first-order valence-corrected chi connectivity index (χ1v) is 7.98. The molecule has 4 heteroatoms. The van der Waals surface area contributed by atoms with Crippen LogP contribution in [0.25, 0.3) is 0 Å². The molecule has 1 aliphatic heterocycles. The Kier molecular flexibility index (Phi) is 3.54. The molecule has 0 radical (unpaired) electrons. The lowest BCUT2D eigenvalue weighted by Crippen LogP contribution is -2.32. The summed E-state index contributed by atoms with van der Waals surface area (Å²) in [5.74, 6) is 2.34. The Bertz CT molecular complexity index is 497. The van der Waals surface area contributed by atoms with Gasteiger partial charge in [0.1, 0.15) is 0 Å². The summed E-state index contributed by atoms with van der Waals surface area (Å²) in [5, 5.41) is 3.05. The Balaban J connectivity index is 1.73. The van der Waals surface area contributed by atoms with Crippen LogP contribution >= 0.6 is 11.8 Å². The molecular formula is C15H20N2OS. The van der Waals surface area contributed by atoms with Gasteiger partial charge in [0.2, 0.25) is 5.91 Å². The lowest BCUT2D eigenvalue weighted by atomic mass is 10.1. The first-order chi connectivity index (χ1) is 9.15. The number of carbonyl (C=O) groups excluding carboxylic acids is 1. The fraction of sp³-hybridized carbons (Fsp3) is 0.533. The molecule has 1 unspecified atom stereocenters. The number of nitrogens with zero attached hydrogens (tertiary/aromatic N) is 1. The molecule has 1 aromatic carbocycles. The Labute approximate surface area is 118 Å². The predicted molar refractivity (Wildman–Crippen MR) is 80.6 cm³/mol. The van der Waals surface area contributed by atoms with Gasteiger partial charge in [-0.25, -0.2) is 0 Å². The number of hydrogen-bond acceptors (Lipinski definition) is 3. The molecule has 1 fully saturated rings. The summed E-state index contributed by atoms with van der Waals surface area (Å²) in [6.45, 7) is 0. The molecule has 19 heavy (non-hydrogen) atoms. The van der Waals surface area contributed by atoms with Gasteiger partial charge in [-0.15, -0.1) is 0 Å². The topological polar surface area (TPSA) is 32.3 Å². The summed E-state index contributed by atoms with van der Waals surface area (Å²) in [7, 11) is 4.26. The van der Waals surface area contributed by atoms with Crippen LogP contribution in [0.3, 0.4) is 0 Å². The van der Waals surface area contributed by atoms with Crippen LogP contribution in [0.5, 0.6) is 0 Å². The van der Waals surface area contributed by atoms with E-state index in [1.807, 2.05) is 17.8 Å². The fourth-order valence-corrected chi connectivity index (χ4v) is 3.61. The summed E-state index contributed by atoms with van der Waals surface area (Å²) in [6, 6.07) is 6.91. The first-order valence-electron chi connectivity index (χ1n) is 6.83. The highest BCUT2D eigenvalue weighted by atomic mass is 32.2. The van der Waals surface area contributed by atoms with E-state index in [1.165, 1.54) is 17.5 Å². The zero-order valence-corrected chi connectivity index (χ0v) is 12.3. The van der Waals surface area contributed by atoms with Crippen molar-refractivity contribution in [2.75, 3.05) is 30.9 Å². The van der Waals surface area contributed by atoms with Crippen molar-refractivity contribution in [2.45, 2.75) is 18.9 Å². The number of amides is 1. The number of rotatable bonds is 3. The van der Waals surface area contributed by atoms with E-state index >= 15 is 0 Å². The van der Waals surface area contributed by atoms with Gasteiger partial charge in [-0.2, -0.15) is 11.8 Å². The standard InChI is InChI=1S/C15H20N2OS/c1-17(2)14-6-3-10-7-12(4-5-13(10)14)16-15(18)11-8-19-9-11/h4-5,7,11,14H,3,6,8-9H2,1-2H3,(H,16,18). The predicted octanol–water partition coefficient (Wildman–Crippen LogP) is 2.54. The molecule has 0 bridgehead atoms. The van der Waals surface area contributed by atoms with Crippen LogP contribution in [0.15, 0.2) is 18.2 Å². The van der Waals surface area contributed by atoms with Crippen LogP contribution in [0.1, 0.15) is 23.6 Å². The number of aryl methyl sites for hydroxylation is 1. The van der Waals surface area contributed by atoms with Crippen LogP contribution in [-0.2, 0) is 11.2 Å². The highest BCUT2D eigenvalue weighted by Crippen LogP contribution is 2.36. The maximum absolute atomic E-state index is 11.9. The Morgan fingerprint density at radius 1 is 1.37 bits per heavy atom. The molecule has 1 heterocycles. The van der Waals surface area contributed by atoms with Crippen molar-refractivity contribution in [2.24, 2.45) is 5.92 Å². The molecule has 102 valence electrons. The number of nitrogens with one attached hydrogen (secondary N) is 1. The number of hydrogen-bond donors (Lipinski definition) is 1. The zero-order valence-electron chi connectivity index (χ0n) is 11.5. The van der Waals surface area contributed by atoms with E-state index in [0.29, 0.717) is 6.04 Å². The van der Waals surface area contributed by atoms with Crippen molar-refractivity contribution >= 4 is 23.4 Å². The van der Waals surface area contributed by atoms with Crippen molar-refractivity contribution in [3.63, 3.8) is 0 Å². The summed E-state index contributed by atoms with van der Waals surface area (Å²) in [6.07, 6.45) is 2.29. The first kappa shape index (κ1) is 13.0. The fourth-order valence-electron chi connectivity index (χ4n) is 2.84. The minimum absolute atomic E-state index is 0.181. The number of carbonyl (C=O) groups is 1. The Morgan fingerprint density at radius 2 is 2.16 bits per heavy atom. The SMILES string of the molecule is CN(C)C1CCc2cc(NC(=O)C3CSC3)ccc21. The van der Waals surface area contributed by atoms with Gasteiger partial charge in [-0.3, -0.25) is 4.79 Å². The van der Waals surface area contributed by atoms with Gasteiger partial charge in [0.05, 0.1) is 5.92 Å². The second-order valence-electron chi connectivity index (χ2n) is 5.66. The lowest BCUT2D eigenvalue weighted by molar-refractivity contribution is -0.118. The quantitative estimate of drug-likeness (QED) is 0.921. The molecule has 3 nitrogen and oxygen atoms in total. The Hall–Kier alpha value is -1.00. The summed E-state index contributed by atoms with van der Waals surface area (Å²) in [5.41, 5.74) is 3.77. The number of anilines is 1. The minimum atomic E-state index is 0.181. The lowest BCUT2D eigenvalue weighted by Gasteiger charge is -2.24. The summed E-state index contributed by atoms with van der Waals surface area (Å²) >= 11 is 1.84. The average molecular weight is 276 g/mol. The van der Waals surface area contributed by atoms with E-state index in [0.717, 1.165) is 23.6 Å². The second-order valence-corrected chi connectivity index (χ2v) is 6.73. The van der Waals surface area contributed by atoms with Gasteiger partial charge in [0.25, 0.3) is 0 Å². The highest BCUT2D eigenvalue weighted by molar-refractivity contribution is 8.00. The second kappa shape index (κ2) is 5.17. The van der Waals surface area contributed by atoms with Crippen LogP contribution in [-0.4, -0.2) is 36.4 Å². The minimum Gasteiger partial charge on any atom is -0.326 e. The van der Waals surface area contributed by atoms with Gasteiger partial charge >= 0.3 is 0 Å². The Morgan fingerprint density at radius 3 is 2.79 bits per heavy atom. The number of fused-ring (bicyclic) bond motifs is 1. The molecular weight excluding hydrogens is 256 g/mol. The van der Waals surface area contributed by atoms with E-state index < -0.39 is 0 Å². The zero-order chi connectivity index (χ0) is 13.4. The number of benzene rings is 1. The van der Waals surface area contributed by atoms with E-state index in [-0.39, 0.29) is 11.8 Å². The molecule has 1 amide bonds. The van der Waals surface area contributed by atoms with Gasteiger partial charge < -0.3 is 10.2 Å². The van der Waals surface area contributed by atoms with Crippen molar-refractivity contribution in [3.05, 3.63) is 29.3 Å². The molecule has 3 rings (SSSR count). The van der Waals surface area contributed by atoms with Crippen LogP contribution in [0.2, 0.25) is 0 Å². The van der Waals surface area contributed by atoms with Gasteiger partial charge in [-0.1, -0.05) is 6.07 Å². The van der Waals surface area contributed by atoms with E-state index in [4.69, 9.17) is 0 Å². The van der Waals surface area contributed by atoms with Crippen LogP contribution in [0.4, 0.5) is 5.69 Å². The van der Waals surface area contributed by atoms with E-state index in [1.54, 1.807) is 0 Å². The van der Waals surface area contributed by atoms with E-state index in [9.17, 15) is 4.79 Å². The third-order valence-electron chi connectivity index (χ3n) is 4.09.